The van der Waals surface area contributed by atoms with Crippen LogP contribution in [0.2, 0.25) is 0 Å². The van der Waals surface area contributed by atoms with E-state index in [9.17, 15) is 0 Å². The molecule has 96 valence electrons. The van der Waals surface area contributed by atoms with Gasteiger partial charge < -0.3 is 14.8 Å². The number of hydrogen-bond donors (Lipinski definition) is 1. The molecule has 17 heavy (non-hydrogen) atoms. The molecule has 3 nitrogen and oxygen atoms in total. The van der Waals surface area contributed by atoms with Crippen LogP contribution >= 0.6 is 0 Å². The molecular weight excluding hydrogens is 214 g/mol. The highest BCUT2D eigenvalue weighted by Crippen LogP contribution is 2.26. The fraction of sp³-hybridized carbons (Fsp3) is 0.714. The maximum Gasteiger partial charge on any atom is 0.157 e. The van der Waals surface area contributed by atoms with E-state index >= 15 is 0 Å². The number of ether oxygens (including phenoxy) is 2. The van der Waals surface area contributed by atoms with Gasteiger partial charge in [-0.15, -0.1) is 0 Å². The van der Waals surface area contributed by atoms with Gasteiger partial charge in [0.05, 0.1) is 13.2 Å². The van der Waals surface area contributed by atoms with Crippen molar-refractivity contribution < 1.29 is 9.47 Å². The molecule has 0 amide bonds. The van der Waals surface area contributed by atoms with Crippen molar-refractivity contribution in [1.29, 1.82) is 0 Å². The molecular formula is C14H23NO2. The maximum atomic E-state index is 6.07. The van der Waals surface area contributed by atoms with E-state index in [1.54, 1.807) is 7.11 Å². The number of rotatable bonds is 4. The molecule has 0 saturated carbocycles. The third-order valence-corrected chi connectivity index (χ3v) is 3.65. The van der Waals surface area contributed by atoms with Crippen LogP contribution in [0.15, 0.2) is 23.7 Å². The summed E-state index contributed by atoms with van der Waals surface area (Å²) < 4.78 is 11.4. The van der Waals surface area contributed by atoms with E-state index in [1.807, 2.05) is 0 Å². The van der Waals surface area contributed by atoms with Crippen molar-refractivity contribution in [1.82, 2.24) is 5.32 Å². The van der Waals surface area contributed by atoms with Crippen LogP contribution in [-0.4, -0.2) is 26.3 Å². The number of hydrogen-bond acceptors (Lipinski definition) is 3. The van der Waals surface area contributed by atoms with Gasteiger partial charge in [0.25, 0.3) is 0 Å². The lowest BCUT2D eigenvalue weighted by molar-refractivity contribution is 0.0547. The summed E-state index contributed by atoms with van der Waals surface area (Å²) in [6.45, 7) is 4.41. The lowest BCUT2D eigenvalue weighted by atomic mass is 9.93. The summed E-state index contributed by atoms with van der Waals surface area (Å²) in [6, 6.07) is 0. The molecule has 1 N–H and O–H groups in total. The first-order chi connectivity index (χ1) is 8.31. The zero-order chi connectivity index (χ0) is 12.1. The van der Waals surface area contributed by atoms with Crippen molar-refractivity contribution >= 4 is 0 Å². The zero-order valence-electron chi connectivity index (χ0n) is 10.9. The third-order valence-electron chi connectivity index (χ3n) is 3.65. The van der Waals surface area contributed by atoms with Crippen LogP contribution < -0.4 is 5.32 Å². The first kappa shape index (κ1) is 12.5. The smallest absolute Gasteiger partial charge is 0.157 e. The molecule has 1 aliphatic carbocycles. The van der Waals surface area contributed by atoms with Gasteiger partial charge in [-0.1, -0.05) is 0 Å². The molecule has 0 aromatic rings. The maximum absolute atomic E-state index is 6.07. The van der Waals surface area contributed by atoms with E-state index in [0.717, 1.165) is 37.4 Å². The number of methoxy groups -OCH3 is 1. The highest BCUT2D eigenvalue weighted by Gasteiger charge is 2.23. The van der Waals surface area contributed by atoms with Crippen LogP contribution in [0.4, 0.5) is 0 Å². The van der Waals surface area contributed by atoms with E-state index in [2.05, 4.69) is 24.4 Å². The van der Waals surface area contributed by atoms with Crippen LogP contribution in [0.25, 0.3) is 0 Å². The minimum atomic E-state index is 0.278. The topological polar surface area (TPSA) is 30.5 Å². The SMILES string of the molecule is COC1=CCCC=C1OC(C)C1CCNCC1. The first-order valence-corrected chi connectivity index (χ1v) is 6.63. The average molecular weight is 237 g/mol. The Morgan fingerprint density at radius 2 is 1.82 bits per heavy atom. The predicted octanol–water partition coefficient (Wildman–Crippen LogP) is 2.60. The minimum Gasteiger partial charge on any atom is -0.493 e. The number of piperidine rings is 1. The summed E-state index contributed by atoms with van der Waals surface area (Å²) in [5.41, 5.74) is 0. The van der Waals surface area contributed by atoms with Gasteiger partial charge in [0, 0.05) is 0 Å². The van der Waals surface area contributed by atoms with E-state index < -0.39 is 0 Å². The molecule has 3 heteroatoms. The van der Waals surface area contributed by atoms with Gasteiger partial charge in [-0.25, -0.2) is 0 Å². The van der Waals surface area contributed by atoms with E-state index in [4.69, 9.17) is 9.47 Å². The second-order valence-corrected chi connectivity index (χ2v) is 4.83. The quantitative estimate of drug-likeness (QED) is 0.815. The summed E-state index contributed by atoms with van der Waals surface area (Å²) in [6.07, 6.45) is 9.07. The molecule has 2 rings (SSSR count). The Morgan fingerprint density at radius 3 is 2.47 bits per heavy atom. The summed E-state index contributed by atoms with van der Waals surface area (Å²) in [5.74, 6) is 2.50. The molecule has 1 unspecified atom stereocenters. The lowest BCUT2D eigenvalue weighted by Gasteiger charge is -2.30. The second-order valence-electron chi connectivity index (χ2n) is 4.83. The molecule has 0 radical (unpaired) electrons. The molecule has 1 atom stereocenters. The monoisotopic (exact) mass is 237 g/mol. The summed E-state index contributed by atoms with van der Waals surface area (Å²) in [4.78, 5) is 0. The fourth-order valence-electron chi connectivity index (χ4n) is 2.53. The van der Waals surface area contributed by atoms with E-state index in [0.29, 0.717) is 5.92 Å². The molecule has 1 aliphatic heterocycles. The normalized spacial score (nSPS) is 23.6. The van der Waals surface area contributed by atoms with Gasteiger partial charge in [0.2, 0.25) is 0 Å². The van der Waals surface area contributed by atoms with Gasteiger partial charge in [0.1, 0.15) is 0 Å². The first-order valence-electron chi connectivity index (χ1n) is 6.63. The van der Waals surface area contributed by atoms with Crippen LogP contribution in [0, 0.1) is 5.92 Å². The standard InChI is InChI=1S/C14H23NO2/c1-11(12-7-9-15-10-8-12)17-14-6-4-3-5-13(14)16-2/h5-6,11-12,15H,3-4,7-10H2,1-2H3. The van der Waals surface area contributed by atoms with Gasteiger partial charge in [0.15, 0.2) is 11.5 Å². The average Bonchev–Trinajstić information content (AvgIpc) is 2.40. The van der Waals surface area contributed by atoms with Crippen molar-refractivity contribution in [3.8, 4) is 0 Å². The van der Waals surface area contributed by atoms with Crippen LogP contribution in [-0.2, 0) is 9.47 Å². The van der Waals surface area contributed by atoms with Crippen molar-refractivity contribution in [3.63, 3.8) is 0 Å². The molecule has 1 saturated heterocycles. The Morgan fingerprint density at radius 1 is 1.18 bits per heavy atom. The minimum absolute atomic E-state index is 0.278. The van der Waals surface area contributed by atoms with Gasteiger partial charge >= 0.3 is 0 Å². The Hall–Kier alpha value is -0.960. The highest BCUT2D eigenvalue weighted by molar-refractivity contribution is 5.23. The van der Waals surface area contributed by atoms with Crippen LogP contribution in [0.3, 0.4) is 0 Å². The molecule has 0 aromatic heterocycles. The molecule has 1 fully saturated rings. The Bertz CT molecular complexity index is 303. The van der Waals surface area contributed by atoms with Gasteiger partial charge in [-0.2, -0.15) is 0 Å². The molecule has 2 aliphatic rings. The van der Waals surface area contributed by atoms with Crippen molar-refractivity contribution in [2.75, 3.05) is 20.2 Å². The number of allylic oxidation sites excluding steroid dienone is 2. The van der Waals surface area contributed by atoms with Crippen LogP contribution in [0.5, 0.6) is 0 Å². The Balaban J connectivity index is 1.90. The molecule has 0 bridgehead atoms. The lowest BCUT2D eigenvalue weighted by Crippen LogP contribution is -2.34. The highest BCUT2D eigenvalue weighted by atomic mass is 16.5. The molecule has 1 heterocycles. The van der Waals surface area contributed by atoms with Gasteiger partial charge in [-0.05, 0) is 63.8 Å². The number of nitrogens with one attached hydrogen (secondary N) is 1. The van der Waals surface area contributed by atoms with Gasteiger partial charge in [-0.3, -0.25) is 0 Å². The van der Waals surface area contributed by atoms with Crippen molar-refractivity contribution in [3.05, 3.63) is 23.7 Å². The van der Waals surface area contributed by atoms with Crippen molar-refractivity contribution in [2.24, 2.45) is 5.92 Å². The largest absolute Gasteiger partial charge is 0.493 e. The summed E-state index contributed by atoms with van der Waals surface area (Å²) in [7, 11) is 1.71. The third kappa shape index (κ3) is 3.25. The summed E-state index contributed by atoms with van der Waals surface area (Å²) in [5, 5.41) is 3.39. The van der Waals surface area contributed by atoms with E-state index in [-0.39, 0.29) is 6.10 Å². The summed E-state index contributed by atoms with van der Waals surface area (Å²) >= 11 is 0. The van der Waals surface area contributed by atoms with Crippen LogP contribution in [0.1, 0.15) is 32.6 Å². The zero-order valence-corrected chi connectivity index (χ0v) is 10.9. The van der Waals surface area contributed by atoms with Crippen molar-refractivity contribution in [2.45, 2.75) is 38.7 Å². The fourth-order valence-corrected chi connectivity index (χ4v) is 2.53. The van der Waals surface area contributed by atoms with E-state index in [1.165, 1.54) is 12.8 Å². The molecule has 0 spiro atoms. The Labute approximate surface area is 104 Å². The Kier molecular flexibility index (Phi) is 4.49. The predicted molar refractivity (Wildman–Crippen MR) is 68.5 cm³/mol. The molecule has 0 aromatic carbocycles. The second kappa shape index (κ2) is 6.10.